The molecule has 0 N–H and O–H groups in total. The Morgan fingerprint density at radius 1 is 1.40 bits per heavy atom. The molecule has 0 unspecified atom stereocenters. The fourth-order valence-corrected chi connectivity index (χ4v) is 1.55. The molecule has 0 atom stereocenters. The molecule has 1 aromatic carbocycles. The summed E-state index contributed by atoms with van der Waals surface area (Å²) in [7, 11) is 1.78. The van der Waals surface area contributed by atoms with E-state index < -0.39 is 0 Å². The molecule has 0 aliphatic carbocycles. The van der Waals surface area contributed by atoms with Crippen LogP contribution in [0.3, 0.4) is 0 Å². The molecule has 0 fully saturated rings. The lowest BCUT2D eigenvalue weighted by atomic mass is 10.1. The monoisotopic (exact) mass is 198 g/mol. The molecular formula is C11H10N4. The van der Waals surface area contributed by atoms with Gasteiger partial charge in [0.15, 0.2) is 5.69 Å². The number of hydrogen-bond acceptors (Lipinski definition) is 3. The average Bonchev–Trinajstić information content (AvgIpc) is 2.59. The predicted octanol–water partition coefficient (Wildman–Crippen LogP) is 1.66. The number of aromatic nitrogens is 3. The van der Waals surface area contributed by atoms with Gasteiger partial charge in [0.2, 0.25) is 0 Å². The lowest BCUT2D eigenvalue weighted by Crippen LogP contribution is -1.94. The smallest absolute Gasteiger partial charge is 0.190 e. The highest BCUT2D eigenvalue weighted by Gasteiger charge is 2.11. The Kier molecular flexibility index (Phi) is 2.22. The second-order valence-electron chi connectivity index (χ2n) is 3.39. The Morgan fingerprint density at radius 2 is 2.20 bits per heavy atom. The molecule has 0 saturated heterocycles. The van der Waals surface area contributed by atoms with E-state index in [1.165, 1.54) is 0 Å². The Bertz CT molecular complexity index is 534. The maximum absolute atomic E-state index is 8.90. The van der Waals surface area contributed by atoms with E-state index >= 15 is 0 Å². The zero-order chi connectivity index (χ0) is 10.8. The first-order chi connectivity index (χ1) is 7.22. The van der Waals surface area contributed by atoms with Crippen LogP contribution in [-0.4, -0.2) is 15.0 Å². The summed E-state index contributed by atoms with van der Waals surface area (Å²) < 4.78 is 1.62. The molecule has 1 heterocycles. The second kappa shape index (κ2) is 3.54. The van der Waals surface area contributed by atoms with Crippen molar-refractivity contribution in [2.75, 3.05) is 0 Å². The first-order valence-electron chi connectivity index (χ1n) is 4.59. The third-order valence-corrected chi connectivity index (χ3v) is 2.22. The lowest BCUT2D eigenvalue weighted by Gasteiger charge is -2.02. The molecule has 0 saturated carbocycles. The highest BCUT2D eigenvalue weighted by Crippen LogP contribution is 2.21. The second-order valence-corrected chi connectivity index (χ2v) is 3.39. The van der Waals surface area contributed by atoms with Gasteiger partial charge in [-0.25, -0.2) is 4.68 Å². The van der Waals surface area contributed by atoms with Gasteiger partial charge >= 0.3 is 0 Å². The molecule has 0 aliphatic heterocycles. The SMILES string of the molecule is Cc1cccc(-c2c(C#N)nnn2C)c1. The minimum absolute atomic E-state index is 0.364. The van der Waals surface area contributed by atoms with Gasteiger partial charge in [0.25, 0.3) is 0 Å². The fraction of sp³-hybridized carbons (Fsp3) is 0.182. The van der Waals surface area contributed by atoms with E-state index in [1.807, 2.05) is 37.3 Å². The van der Waals surface area contributed by atoms with Crippen LogP contribution in [-0.2, 0) is 7.05 Å². The van der Waals surface area contributed by atoms with Crippen LogP contribution in [0.5, 0.6) is 0 Å². The number of nitriles is 1. The summed E-state index contributed by atoms with van der Waals surface area (Å²) >= 11 is 0. The van der Waals surface area contributed by atoms with Gasteiger partial charge in [-0.05, 0) is 13.0 Å². The number of hydrogen-bond donors (Lipinski definition) is 0. The average molecular weight is 198 g/mol. The maximum Gasteiger partial charge on any atom is 0.190 e. The topological polar surface area (TPSA) is 54.5 Å². The van der Waals surface area contributed by atoms with Crippen molar-refractivity contribution in [3.05, 3.63) is 35.5 Å². The van der Waals surface area contributed by atoms with Crippen LogP contribution in [0.2, 0.25) is 0 Å². The number of aryl methyl sites for hydroxylation is 2. The first kappa shape index (κ1) is 9.41. The maximum atomic E-state index is 8.90. The van der Waals surface area contributed by atoms with E-state index in [9.17, 15) is 0 Å². The van der Waals surface area contributed by atoms with E-state index in [2.05, 4.69) is 10.3 Å². The Hall–Kier alpha value is -2.15. The largest absolute Gasteiger partial charge is 0.246 e. The van der Waals surface area contributed by atoms with E-state index in [1.54, 1.807) is 11.7 Å². The molecule has 4 heteroatoms. The quantitative estimate of drug-likeness (QED) is 0.700. The van der Waals surface area contributed by atoms with Crippen LogP contribution in [0.25, 0.3) is 11.3 Å². The molecule has 0 radical (unpaired) electrons. The van der Waals surface area contributed by atoms with Gasteiger partial charge in [0.1, 0.15) is 11.8 Å². The summed E-state index contributed by atoms with van der Waals surface area (Å²) in [6.45, 7) is 2.01. The minimum Gasteiger partial charge on any atom is -0.246 e. The predicted molar refractivity (Wildman–Crippen MR) is 55.9 cm³/mol. The van der Waals surface area contributed by atoms with Crippen LogP contribution < -0.4 is 0 Å². The van der Waals surface area contributed by atoms with Gasteiger partial charge in [-0.15, -0.1) is 5.10 Å². The van der Waals surface area contributed by atoms with E-state index in [0.717, 1.165) is 16.8 Å². The highest BCUT2D eigenvalue weighted by atomic mass is 15.4. The van der Waals surface area contributed by atoms with Crippen LogP contribution in [0.15, 0.2) is 24.3 Å². The van der Waals surface area contributed by atoms with Gasteiger partial charge in [-0.2, -0.15) is 5.26 Å². The van der Waals surface area contributed by atoms with Crippen molar-refractivity contribution in [2.45, 2.75) is 6.92 Å². The summed E-state index contributed by atoms with van der Waals surface area (Å²) in [5, 5.41) is 16.5. The summed E-state index contributed by atoms with van der Waals surface area (Å²) in [6, 6.07) is 9.97. The molecule has 0 aliphatic rings. The van der Waals surface area contributed by atoms with Crippen molar-refractivity contribution in [3.8, 4) is 17.3 Å². The van der Waals surface area contributed by atoms with Crippen molar-refractivity contribution in [1.82, 2.24) is 15.0 Å². The van der Waals surface area contributed by atoms with Crippen molar-refractivity contribution < 1.29 is 0 Å². The molecule has 2 rings (SSSR count). The molecule has 0 amide bonds. The number of benzene rings is 1. The molecule has 74 valence electrons. The normalized spacial score (nSPS) is 9.93. The fourth-order valence-electron chi connectivity index (χ4n) is 1.55. The zero-order valence-corrected chi connectivity index (χ0v) is 8.60. The summed E-state index contributed by atoms with van der Waals surface area (Å²) in [6.07, 6.45) is 0. The van der Waals surface area contributed by atoms with E-state index in [0.29, 0.717) is 5.69 Å². The third-order valence-electron chi connectivity index (χ3n) is 2.22. The Labute approximate surface area is 87.8 Å². The minimum atomic E-state index is 0.364. The van der Waals surface area contributed by atoms with Crippen molar-refractivity contribution in [1.29, 1.82) is 5.26 Å². The number of rotatable bonds is 1. The molecule has 2 aromatic rings. The molecule has 0 bridgehead atoms. The number of nitrogens with zero attached hydrogens (tertiary/aromatic N) is 4. The Morgan fingerprint density at radius 3 is 2.87 bits per heavy atom. The summed E-state index contributed by atoms with van der Waals surface area (Å²) in [4.78, 5) is 0. The van der Waals surface area contributed by atoms with Crippen LogP contribution in [0.1, 0.15) is 11.3 Å². The van der Waals surface area contributed by atoms with Crippen LogP contribution >= 0.6 is 0 Å². The van der Waals surface area contributed by atoms with Gasteiger partial charge in [0, 0.05) is 12.6 Å². The Balaban J connectivity index is 2.64. The van der Waals surface area contributed by atoms with Crippen molar-refractivity contribution >= 4 is 0 Å². The van der Waals surface area contributed by atoms with Gasteiger partial charge in [-0.3, -0.25) is 0 Å². The van der Waals surface area contributed by atoms with Crippen LogP contribution in [0.4, 0.5) is 0 Å². The molecule has 1 aromatic heterocycles. The lowest BCUT2D eigenvalue weighted by molar-refractivity contribution is 0.720. The van der Waals surface area contributed by atoms with Gasteiger partial charge < -0.3 is 0 Å². The summed E-state index contributed by atoms with van der Waals surface area (Å²) in [5.74, 6) is 0. The standard InChI is InChI=1S/C11H10N4/c1-8-4-3-5-9(6-8)11-10(7-12)13-14-15(11)2/h3-6H,1-2H3. The van der Waals surface area contributed by atoms with Crippen LogP contribution in [0, 0.1) is 18.3 Å². The van der Waals surface area contributed by atoms with Gasteiger partial charge in [-0.1, -0.05) is 29.0 Å². The van der Waals surface area contributed by atoms with Crippen molar-refractivity contribution in [3.63, 3.8) is 0 Å². The van der Waals surface area contributed by atoms with E-state index in [-0.39, 0.29) is 0 Å². The molecule has 15 heavy (non-hydrogen) atoms. The molecule has 0 spiro atoms. The zero-order valence-electron chi connectivity index (χ0n) is 8.60. The summed E-state index contributed by atoms with van der Waals surface area (Å²) in [5.41, 5.74) is 3.25. The van der Waals surface area contributed by atoms with E-state index in [4.69, 9.17) is 5.26 Å². The van der Waals surface area contributed by atoms with Gasteiger partial charge in [0.05, 0.1) is 0 Å². The third kappa shape index (κ3) is 1.59. The first-order valence-corrected chi connectivity index (χ1v) is 4.59. The molecule has 4 nitrogen and oxygen atoms in total. The van der Waals surface area contributed by atoms with Crippen molar-refractivity contribution in [2.24, 2.45) is 7.05 Å². The highest BCUT2D eigenvalue weighted by molar-refractivity contribution is 5.65. The molecular weight excluding hydrogens is 188 g/mol.